The zero-order valence-electron chi connectivity index (χ0n) is 28.8. The Morgan fingerprint density at radius 3 is 2.04 bits per heavy atom. The van der Waals surface area contributed by atoms with Gasteiger partial charge in [0.05, 0.1) is 16.6 Å². The van der Waals surface area contributed by atoms with Gasteiger partial charge in [0, 0.05) is 47.5 Å². The quantitative estimate of drug-likeness (QED) is 0.115. The Bertz CT molecular complexity index is 2070. The lowest BCUT2D eigenvalue weighted by Gasteiger charge is -2.29. The van der Waals surface area contributed by atoms with Crippen molar-refractivity contribution in [3.05, 3.63) is 119 Å². The summed E-state index contributed by atoms with van der Waals surface area (Å²) in [6, 6.07) is 26.0. The number of anilines is 1. The van der Waals surface area contributed by atoms with Crippen molar-refractivity contribution in [2.75, 3.05) is 18.0 Å². The van der Waals surface area contributed by atoms with Gasteiger partial charge in [-0.1, -0.05) is 95.1 Å². The maximum atomic E-state index is 14.0. The van der Waals surface area contributed by atoms with E-state index in [2.05, 4.69) is 124 Å². The molecule has 4 aromatic carbocycles. The fourth-order valence-corrected chi connectivity index (χ4v) is 8.29. The van der Waals surface area contributed by atoms with Crippen molar-refractivity contribution in [1.29, 1.82) is 0 Å². The summed E-state index contributed by atoms with van der Waals surface area (Å²) in [5.74, 6) is 0.0202. The molecule has 3 aliphatic rings. The highest BCUT2D eigenvalue weighted by Crippen LogP contribution is 2.52. The maximum Gasteiger partial charge on any atom is 0.210 e. The summed E-state index contributed by atoms with van der Waals surface area (Å²) in [6.07, 6.45) is 9.43. The summed E-state index contributed by atoms with van der Waals surface area (Å²) in [7, 11) is 0. The molecule has 0 unspecified atom stereocenters. The molecule has 2 aliphatic heterocycles. The van der Waals surface area contributed by atoms with Crippen LogP contribution < -0.4 is 4.90 Å². The predicted molar refractivity (Wildman–Crippen MR) is 196 cm³/mol. The highest BCUT2D eigenvalue weighted by Gasteiger charge is 2.48. The van der Waals surface area contributed by atoms with Crippen LogP contribution in [0.15, 0.2) is 108 Å². The Morgan fingerprint density at radius 1 is 0.745 bits per heavy atom. The smallest absolute Gasteiger partial charge is 0.210 e. The third kappa shape index (κ3) is 4.79. The van der Waals surface area contributed by atoms with Crippen LogP contribution >= 0.6 is 0 Å². The summed E-state index contributed by atoms with van der Waals surface area (Å²) < 4.78 is 2.40. The van der Waals surface area contributed by atoms with Gasteiger partial charge in [-0.3, -0.25) is 4.79 Å². The zero-order valence-corrected chi connectivity index (χ0v) is 28.8. The van der Waals surface area contributed by atoms with Crippen LogP contribution in [0.25, 0.3) is 21.5 Å². The molecule has 0 aromatic heterocycles. The van der Waals surface area contributed by atoms with E-state index in [1.807, 2.05) is 12.2 Å². The number of unbranched alkanes of at least 4 members (excludes halogenated alkanes) is 3. The van der Waals surface area contributed by atoms with Crippen LogP contribution in [-0.4, -0.2) is 34.3 Å². The summed E-state index contributed by atoms with van der Waals surface area (Å²) in [5.41, 5.74) is 7.29. The van der Waals surface area contributed by atoms with Crippen LogP contribution in [0.1, 0.15) is 84.8 Å². The lowest BCUT2D eigenvalue weighted by Crippen LogP contribution is -2.32. The molecule has 0 amide bonds. The Hall–Kier alpha value is -4.44. The first-order valence-electron chi connectivity index (χ1n) is 17.5. The van der Waals surface area contributed by atoms with E-state index in [9.17, 15) is 9.90 Å². The number of rotatable bonds is 9. The number of carbonyl (C=O) groups excluding carboxylic acids is 1. The fourth-order valence-electron chi connectivity index (χ4n) is 8.29. The van der Waals surface area contributed by atoms with Crippen LogP contribution in [0.5, 0.6) is 0 Å². The van der Waals surface area contributed by atoms with E-state index in [-0.39, 0.29) is 22.4 Å². The third-order valence-corrected chi connectivity index (χ3v) is 10.8. The molecule has 1 aliphatic carbocycles. The van der Waals surface area contributed by atoms with Crippen LogP contribution in [0.4, 0.5) is 11.4 Å². The minimum atomic E-state index is -0.336. The maximum absolute atomic E-state index is 14.0. The number of hydrogen-bond acceptors (Lipinski definition) is 3. The molecule has 0 spiro atoms. The Kier molecular flexibility index (Phi) is 7.74. The first-order chi connectivity index (χ1) is 22.6. The van der Waals surface area contributed by atoms with Crippen LogP contribution in [0, 0.1) is 0 Å². The summed E-state index contributed by atoms with van der Waals surface area (Å²) >= 11 is 0. The topological polar surface area (TPSA) is 43.5 Å². The van der Waals surface area contributed by atoms with Gasteiger partial charge in [0.15, 0.2) is 5.71 Å². The molecule has 0 saturated heterocycles. The second-order valence-corrected chi connectivity index (χ2v) is 14.5. The largest absolute Gasteiger partial charge is 0.506 e. The lowest BCUT2D eigenvalue weighted by molar-refractivity contribution is -0.438. The van der Waals surface area contributed by atoms with Gasteiger partial charge in [0.25, 0.3) is 0 Å². The molecule has 240 valence electrons. The van der Waals surface area contributed by atoms with Crippen molar-refractivity contribution in [2.45, 2.75) is 84.5 Å². The van der Waals surface area contributed by atoms with E-state index >= 15 is 0 Å². The first-order valence-corrected chi connectivity index (χ1v) is 17.5. The van der Waals surface area contributed by atoms with E-state index in [0.29, 0.717) is 11.1 Å². The van der Waals surface area contributed by atoms with Gasteiger partial charge >= 0.3 is 0 Å². The van der Waals surface area contributed by atoms with Crippen molar-refractivity contribution in [1.82, 2.24) is 0 Å². The van der Waals surface area contributed by atoms with Crippen molar-refractivity contribution in [3.63, 3.8) is 0 Å². The molecule has 4 nitrogen and oxygen atoms in total. The molecule has 1 N–H and O–H groups in total. The minimum absolute atomic E-state index is 0.0836. The highest BCUT2D eigenvalue weighted by molar-refractivity contribution is 6.24. The predicted octanol–water partition coefficient (Wildman–Crippen LogP) is 10.4. The average Bonchev–Trinajstić information content (AvgIpc) is 3.43. The molecule has 4 aromatic rings. The van der Waals surface area contributed by atoms with Gasteiger partial charge in [-0.15, -0.1) is 0 Å². The number of fused-ring (bicyclic) bond motifs is 6. The number of ketones is 1. The minimum Gasteiger partial charge on any atom is -0.506 e. The molecule has 4 heteroatoms. The fraction of sp³-hybridized carbons (Fsp3) is 0.349. The monoisotopic (exact) mass is 623 g/mol. The Balaban J connectivity index is 1.33. The van der Waals surface area contributed by atoms with E-state index in [1.54, 1.807) is 0 Å². The molecular weight excluding hydrogens is 576 g/mol. The highest BCUT2D eigenvalue weighted by atomic mass is 16.3. The Labute approximate surface area is 279 Å². The van der Waals surface area contributed by atoms with Gasteiger partial charge < -0.3 is 10.0 Å². The molecule has 0 bridgehead atoms. The van der Waals surface area contributed by atoms with E-state index in [0.717, 1.165) is 56.6 Å². The second-order valence-electron chi connectivity index (χ2n) is 14.5. The number of Topliss-reactive ketones (excluding diaryl/α,β-unsaturated/α-hetero) is 1. The van der Waals surface area contributed by atoms with Crippen molar-refractivity contribution in [2.24, 2.45) is 0 Å². The van der Waals surface area contributed by atoms with Gasteiger partial charge in [0.2, 0.25) is 11.5 Å². The number of benzene rings is 4. The number of hydrogen-bond donors (Lipinski definition) is 1. The van der Waals surface area contributed by atoms with Crippen LogP contribution in [0.2, 0.25) is 0 Å². The number of aliphatic hydroxyl groups is 1. The Morgan fingerprint density at radius 2 is 1.38 bits per heavy atom. The van der Waals surface area contributed by atoms with E-state index in [4.69, 9.17) is 0 Å². The normalized spacial score (nSPS) is 19.8. The molecular formula is C43H47N2O2+. The number of aliphatic hydroxyl groups excluding tert-OH is 1. The summed E-state index contributed by atoms with van der Waals surface area (Å²) in [6.45, 7) is 15.2. The van der Waals surface area contributed by atoms with Crippen LogP contribution in [-0.2, 0) is 15.6 Å². The van der Waals surface area contributed by atoms with Gasteiger partial charge in [-0.25, -0.2) is 0 Å². The van der Waals surface area contributed by atoms with Crippen molar-refractivity contribution < 1.29 is 14.5 Å². The number of carbonyl (C=O) groups is 1. The molecule has 0 radical (unpaired) electrons. The second kappa shape index (κ2) is 11.7. The molecule has 0 fully saturated rings. The first kappa shape index (κ1) is 31.2. The molecule has 2 heterocycles. The zero-order chi connectivity index (χ0) is 33.1. The standard InChI is InChI=1S/C43H46N2O2/c1-7-9-15-25-45-35-23-21-29-17-12-14-19-31(29)39(35)43(5,6)37(45)27-33-40(46)32(41(33)47)26-36-42(3,4)38-30-18-13-11-16-28(30)20-22-34(38)44(36)24-10-8-2/h11-14,16-23,26-27H,7-10,15,24-25H2,1-6H3/p+1. The molecule has 47 heavy (non-hydrogen) atoms. The third-order valence-electron chi connectivity index (χ3n) is 10.8. The van der Waals surface area contributed by atoms with Gasteiger partial charge in [0.1, 0.15) is 12.3 Å². The van der Waals surface area contributed by atoms with E-state index < -0.39 is 0 Å². The molecule has 7 rings (SSSR count). The molecule has 0 saturated carbocycles. The number of allylic oxidation sites excluding steroid dienone is 5. The van der Waals surface area contributed by atoms with Crippen molar-refractivity contribution >= 4 is 44.4 Å². The average molecular weight is 624 g/mol. The van der Waals surface area contributed by atoms with E-state index in [1.165, 1.54) is 44.0 Å². The van der Waals surface area contributed by atoms with Crippen LogP contribution in [0.3, 0.4) is 0 Å². The lowest BCUT2D eigenvalue weighted by atomic mass is 9.76. The summed E-state index contributed by atoms with van der Waals surface area (Å²) in [5, 5.41) is 16.6. The SMILES string of the molecule is CCCCC[N+]1=C(/C=C2\C(=O)C(/C=C3/N(CCCC)c4ccc5ccccc5c4C3(C)C)=C2O)C(C)(C)c2c1ccc1ccccc21. The van der Waals surface area contributed by atoms with Crippen molar-refractivity contribution in [3.8, 4) is 0 Å². The van der Waals surface area contributed by atoms with Gasteiger partial charge in [-0.05, 0) is 72.0 Å². The van der Waals surface area contributed by atoms with Gasteiger partial charge in [-0.2, -0.15) is 4.58 Å². The number of nitrogens with zero attached hydrogens (tertiary/aromatic N) is 2. The molecule has 0 atom stereocenters. The summed E-state index contributed by atoms with van der Waals surface area (Å²) in [4.78, 5) is 16.4.